The van der Waals surface area contributed by atoms with Gasteiger partial charge in [0.15, 0.2) is 0 Å². The van der Waals surface area contributed by atoms with Gasteiger partial charge in [0.25, 0.3) is 0 Å². The second-order valence-corrected chi connectivity index (χ2v) is 3.57. The molecule has 0 aromatic rings. The van der Waals surface area contributed by atoms with Crippen molar-refractivity contribution in [1.29, 1.82) is 0 Å². The molecule has 0 heterocycles. The molecule has 88 valence electrons. The van der Waals surface area contributed by atoms with Crippen LogP contribution in [0, 0.1) is 5.92 Å². The lowest BCUT2D eigenvalue weighted by Gasteiger charge is -2.08. The number of hydrogen-bond donors (Lipinski definition) is 2. The Balaban J connectivity index is 3.37. The van der Waals surface area contributed by atoms with Crippen LogP contribution >= 0.6 is 0 Å². The van der Waals surface area contributed by atoms with Crippen LogP contribution < -0.4 is 0 Å². The van der Waals surface area contributed by atoms with E-state index in [1.807, 2.05) is 0 Å². The lowest BCUT2D eigenvalue weighted by Crippen LogP contribution is -2.14. The first-order chi connectivity index (χ1) is 7.06. The quantitative estimate of drug-likeness (QED) is 0.465. The third-order valence-corrected chi connectivity index (χ3v) is 1.86. The van der Waals surface area contributed by atoms with Gasteiger partial charge in [-0.3, -0.25) is 9.59 Å². The molecule has 0 aromatic carbocycles. The lowest BCUT2D eigenvalue weighted by molar-refractivity contribution is -0.145. The molecule has 0 aromatic heterocycles. The second kappa shape index (κ2) is 8.23. The van der Waals surface area contributed by atoms with E-state index in [1.54, 1.807) is 6.92 Å². The van der Waals surface area contributed by atoms with Gasteiger partial charge < -0.3 is 14.9 Å². The highest BCUT2D eigenvalue weighted by Gasteiger charge is 2.06. The van der Waals surface area contributed by atoms with Crippen molar-refractivity contribution < 1.29 is 24.5 Å². The number of carbonyl (C=O) groups is 2. The van der Waals surface area contributed by atoms with Crippen molar-refractivity contribution in [3.05, 3.63) is 0 Å². The van der Waals surface area contributed by atoms with Crippen molar-refractivity contribution in [2.75, 3.05) is 13.2 Å². The van der Waals surface area contributed by atoms with Gasteiger partial charge >= 0.3 is 11.9 Å². The summed E-state index contributed by atoms with van der Waals surface area (Å²) in [4.78, 5) is 21.2. The molecule has 0 saturated heterocycles. The van der Waals surface area contributed by atoms with Crippen LogP contribution in [0.3, 0.4) is 0 Å². The molecule has 0 bridgehead atoms. The highest BCUT2D eigenvalue weighted by molar-refractivity contribution is 5.69. The van der Waals surface area contributed by atoms with Crippen LogP contribution in [0.2, 0.25) is 0 Å². The summed E-state index contributed by atoms with van der Waals surface area (Å²) in [6.07, 6.45) is 1.34. The van der Waals surface area contributed by atoms with Crippen molar-refractivity contribution in [1.82, 2.24) is 0 Å². The highest BCUT2D eigenvalue weighted by atomic mass is 16.5. The topological polar surface area (TPSA) is 83.8 Å². The molecule has 0 rings (SSSR count). The molecule has 0 aliphatic heterocycles. The van der Waals surface area contributed by atoms with E-state index in [2.05, 4.69) is 0 Å². The number of ether oxygens (including phenoxy) is 1. The molecule has 5 nitrogen and oxygen atoms in total. The fourth-order valence-corrected chi connectivity index (χ4v) is 0.906. The van der Waals surface area contributed by atoms with Gasteiger partial charge in [0.1, 0.15) is 0 Å². The van der Waals surface area contributed by atoms with Crippen molar-refractivity contribution in [2.24, 2.45) is 5.92 Å². The van der Waals surface area contributed by atoms with Crippen molar-refractivity contribution in [3.63, 3.8) is 0 Å². The predicted molar refractivity (Wildman–Crippen MR) is 53.3 cm³/mol. The minimum absolute atomic E-state index is 0.00764. The van der Waals surface area contributed by atoms with Gasteiger partial charge in [-0.1, -0.05) is 6.92 Å². The van der Waals surface area contributed by atoms with E-state index in [1.165, 1.54) is 0 Å². The highest BCUT2D eigenvalue weighted by Crippen LogP contribution is 2.02. The zero-order valence-corrected chi connectivity index (χ0v) is 8.94. The monoisotopic (exact) mass is 218 g/mol. The van der Waals surface area contributed by atoms with Crippen molar-refractivity contribution >= 4 is 11.9 Å². The summed E-state index contributed by atoms with van der Waals surface area (Å²) in [5.41, 5.74) is 0. The number of carboxylic acids is 1. The average molecular weight is 218 g/mol. The smallest absolute Gasteiger partial charge is 0.305 e. The van der Waals surface area contributed by atoms with Crippen LogP contribution in [0.5, 0.6) is 0 Å². The Kier molecular flexibility index (Phi) is 7.62. The van der Waals surface area contributed by atoms with Crippen LogP contribution in [0.4, 0.5) is 0 Å². The number of carboxylic acid groups (broad SMARTS) is 1. The molecule has 2 N–H and O–H groups in total. The SMILES string of the molecule is CC(CO)COC(=O)CCCCC(=O)O. The average Bonchev–Trinajstić information content (AvgIpc) is 2.20. The van der Waals surface area contributed by atoms with Gasteiger partial charge in [-0.2, -0.15) is 0 Å². The van der Waals surface area contributed by atoms with E-state index in [4.69, 9.17) is 14.9 Å². The Bertz CT molecular complexity index is 202. The molecule has 0 aliphatic rings. The maximum absolute atomic E-state index is 11.1. The Hall–Kier alpha value is -1.10. The molecule has 15 heavy (non-hydrogen) atoms. The van der Waals surface area contributed by atoms with Gasteiger partial charge in [-0.25, -0.2) is 0 Å². The fourth-order valence-electron chi connectivity index (χ4n) is 0.906. The molecule has 0 aliphatic carbocycles. The van der Waals surface area contributed by atoms with Gasteiger partial charge in [0.2, 0.25) is 0 Å². The molecule has 0 fully saturated rings. The number of esters is 1. The zero-order valence-electron chi connectivity index (χ0n) is 8.94. The van der Waals surface area contributed by atoms with Gasteiger partial charge in [0, 0.05) is 25.4 Å². The van der Waals surface area contributed by atoms with Crippen LogP contribution in [0.25, 0.3) is 0 Å². The van der Waals surface area contributed by atoms with Crippen LogP contribution in [-0.4, -0.2) is 35.4 Å². The summed E-state index contributed by atoms with van der Waals surface area (Å²) in [5.74, 6) is -1.23. The summed E-state index contributed by atoms with van der Waals surface area (Å²) in [7, 11) is 0. The summed E-state index contributed by atoms with van der Waals surface area (Å²) in [6, 6.07) is 0. The van der Waals surface area contributed by atoms with E-state index < -0.39 is 5.97 Å². The van der Waals surface area contributed by atoms with Crippen LogP contribution in [0.15, 0.2) is 0 Å². The molecule has 0 saturated carbocycles. The third kappa shape index (κ3) is 9.21. The Morgan fingerprint density at radius 1 is 1.27 bits per heavy atom. The number of carbonyl (C=O) groups excluding carboxylic acids is 1. The number of aliphatic carboxylic acids is 1. The standard InChI is InChI=1S/C10H18O5/c1-8(6-11)7-15-10(14)5-3-2-4-9(12)13/h8,11H,2-7H2,1H3,(H,12,13). The van der Waals surface area contributed by atoms with E-state index in [0.717, 1.165) is 0 Å². The van der Waals surface area contributed by atoms with Crippen LogP contribution in [-0.2, 0) is 14.3 Å². The fraction of sp³-hybridized carbons (Fsp3) is 0.800. The van der Waals surface area contributed by atoms with Crippen molar-refractivity contribution in [2.45, 2.75) is 32.6 Å². The van der Waals surface area contributed by atoms with E-state index in [0.29, 0.717) is 12.8 Å². The molecular formula is C10H18O5. The molecular weight excluding hydrogens is 200 g/mol. The maximum Gasteiger partial charge on any atom is 0.305 e. The molecule has 0 spiro atoms. The van der Waals surface area contributed by atoms with Gasteiger partial charge in [0.05, 0.1) is 6.61 Å². The predicted octanol–water partition coefficient (Wildman–Crippen LogP) is 0.803. The minimum atomic E-state index is -0.850. The van der Waals surface area contributed by atoms with Gasteiger partial charge in [-0.05, 0) is 12.8 Å². The summed E-state index contributed by atoms with van der Waals surface area (Å²) in [6.45, 7) is 1.98. The van der Waals surface area contributed by atoms with Crippen molar-refractivity contribution in [3.8, 4) is 0 Å². The summed E-state index contributed by atoms with van der Waals surface area (Å²) < 4.78 is 4.86. The zero-order chi connectivity index (χ0) is 11.7. The molecule has 1 unspecified atom stereocenters. The number of aliphatic hydroxyl groups is 1. The summed E-state index contributed by atoms with van der Waals surface area (Å²) >= 11 is 0. The number of rotatable bonds is 8. The molecule has 0 radical (unpaired) electrons. The minimum Gasteiger partial charge on any atom is -0.481 e. The molecule has 1 atom stereocenters. The summed E-state index contributed by atoms with van der Waals surface area (Å²) in [5, 5.41) is 17.0. The van der Waals surface area contributed by atoms with E-state index in [-0.39, 0.29) is 37.9 Å². The Morgan fingerprint density at radius 3 is 2.40 bits per heavy atom. The lowest BCUT2D eigenvalue weighted by atomic mass is 10.2. The number of unbranched alkanes of at least 4 members (excludes halogenated alkanes) is 1. The van der Waals surface area contributed by atoms with E-state index >= 15 is 0 Å². The maximum atomic E-state index is 11.1. The van der Waals surface area contributed by atoms with E-state index in [9.17, 15) is 9.59 Å². The number of aliphatic hydroxyl groups excluding tert-OH is 1. The second-order valence-electron chi connectivity index (χ2n) is 3.57. The Morgan fingerprint density at radius 2 is 1.87 bits per heavy atom. The first kappa shape index (κ1) is 13.9. The first-order valence-electron chi connectivity index (χ1n) is 5.04. The largest absolute Gasteiger partial charge is 0.481 e. The third-order valence-electron chi connectivity index (χ3n) is 1.86. The van der Waals surface area contributed by atoms with Crippen LogP contribution in [0.1, 0.15) is 32.6 Å². The molecule has 5 heteroatoms. The number of hydrogen-bond acceptors (Lipinski definition) is 4. The first-order valence-corrected chi connectivity index (χ1v) is 5.04. The Labute approximate surface area is 89.0 Å². The molecule has 0 amide bonds. The van der Waals surface area contributed by atoms with Gasteiger partial charge in [-0.15, -0.1) is 0 Å². The normalized spacial score (nSPS) is 12.1.